The molecular formula is C48H30N8. The Hall–Kier alpha value is -7.84. The Morgan fingerprint density at radius 3 is 0.679 bits per heavy atom. The normalized spacial score (nSPS) is 12.9. The SMILES string of the molecule is c1ccc(C2=C(c3ccccc3)c3nc2nc2[nH]c(nc4nc(nc5[nH]c(n3)c3ccccc53)C(c3ccccc3)=C4c3ccccc3)c3ccccc23)cc1. The van der Waals surface area contributed by atoms with Gasteiger partial charge in [0.1, 0.15) is 22.6 Å². The van der Waals surface area contributed by atoms with E-state index >= 15 is 0 Å². The zero-order valence-electron chi connectivity index (χ0n) is 29.8. The van der Waals surface area contributed by atoms with Crippen molar-refractivity contribution in [3.8, 4) is 0 Å². The van der Waals surface area contributed by atoms with Crippen LogP contribution >= 0.6 is 0 Å². The van der Waals surface area contributed by atoms with E-state index in [9.17, 15) is 0 Å². The molecule has 56 heavy (non-hydrogen) atoms. The molecule has 8 heteroatoms. The van der Waals surface area contributed by atoms with Gasteiger partial charge in [-0.1, -0.05) is 170 Å². The average molecular weight is 719 g/mol. The second-order valence-corrected chi connectivity index (χ2v) is 13.7. The maximum atomic E-state index is 5.33. The van der Waals surface area contributed by atoms with Crippen molar-refractivity contribution < 1.29 is 0 Å². The standard InChI is InChI=1S/C48H30N8/c1-5-17-29(18-6-1)37-38(30-19-7-2-8-20-30)46-52-42-35-27-15-16-28-36(35)44(50-42)54-48-40(32-23-11-4-12-24-32)39(31-21-9-3-10-22-31)47(56-48)53-43-34-26-14-13-25-33(34)41(49-43)51-45(37)55-46/h1-28H,(H2,49,50,51,52,53,54,55,56). The lowest BCUT2D eigenvalue weighted by Crippen LogP contribution is -1.94. The summed E-state index contributed by atoms with van der Waals surface area (Å²) in [7, 11) is 0. The molecule has 6 aromatic carbocycles. The van der Waals surface area contributed by atoms with Crippen LogP contribution in [0.4, 0.5) is 0 Å². The van der Waals surface area contributed by atoms with E-state index in [0.29, 0.717) is 45.9 Å². The zero-order chi connectivity index (χ0) is 37.0. The summed E-state index contributed by atoms with van der Waals surface area (Å²) in [5.41, 5.74) is 10.0. The number of fused-ring (bicyclic) bond motifs is 14. The van der Waals surface area contributed by atoms with E-state index in [2.05, 4.69) is 82.8 Å². The molecular weight excluding hydrogens is 689 g/mol. The minimum atomic E-state index is 0.547. The van der Waals surface area contributed by atoms with Crippen molar-refractivity contribution in [1.82, 2.24) is 39.9 Å². The predicted octanol–water partition coefficient (Wildman–Crippen LogP) is 10.2. The van der Waals surface area contributed by atoms with Gasteiger partial charge >= 0.3 is 0 Å². The Labute approximate surface area is 320 Å². The number of hydrogen-bond acceptors (Lipinski definition) is 6. The second-order valence-electron chi connectivity index (χ2n) is 13.7. The first-order chi connectivity index (χ1) is 27.8. The third kappa shape index (κ3) is 5.23. The maximum absolute atomic E-state index is 5.33. The van der Waals surface area contributed by atoms with Crippen LogP contribution in [0.2, 0.25) is 0 Å². The van der Waals surface area contributed by atoms with E-state index in [1.54, 1.807) is 0 Å². The quantitative estimate of drug-likeness (QED) is 0.188. The molecule has 0 atom stereocenters. The molecule has 9 aromatic rings. The van der Waals surface area contributed by atoms with Crippen LogP contribution in [0.3, 0.4) is 0 Å². The van der Waals surface area contributed by atoms with Crippen molar-refractivity contribution in [2.24, 2.45) is 0 Å². The lowest BCUT2D eigenvalue weighted by atomic mass is 9.95. The number of nitrogens with one attached hydrogen (secondary N) is 2. The number of H-pyrrole nitrogens is 2. The summed E-state index contributed by atoms with van der Waals surface area (Å²) in [5, 5.41) is 3.66. The minimum absolute atomic E-state index is 0.547. The Kier molecular flexibility index (Phi) is 7.31. The molecule has 11 rings (SSSR count). The highest BCUT2D eigenvalue weighted by Gasteiger charge is 2.28. The Bertz CT molecular complexity index is 2790. The Morgan fingerprint density at radius 1 is 0.232 bits per heavy atom. The molecule has 0 saturated heterocycles. The van der Waals surface area contributed by atoms with Crippen molar-refractivity contribution in [3.05, 3.63) is 215 Å². The molecule has 0 unspecified atom stereocenters. The third-order valence-electron chi connectivity index (χ3n) is 10.3. The van der Waals surface area contributed by atoms with Crippen LogP contribution in [0.25, 0.3) is 66.4 Å². The van der Waals surface area contributed by atoms with Gasteiger partial charge in [0.15, 0.2) is 23.3 Å². The van der Waals surface area contributed by atoms with E-state index in [0.717, 1.165) is 66.1 Å². The summed E-state index contributed by atoms with van der Waals surface area (Å²) >= 11 is 0. The minimum Gasteiger partial charge on any atom is -0.324 e. The topological polar surface area (TPSA) is 109 Å². The molecule has 0 fully saturated rings. The molecule has 2 aliphatic heterocycles. The molecule has 262 valence electrons. The highest BCUT2D eigenvalue weighted by atomic mass is 15.1. The van der Waals surface area contributed by atoms with Crippen LogP contribution in [0.1, 0.15) is 45.6 Å². The number of aromatic nitrogens is 8. The van der Waals surface area contributed by atoms with E-state index in [4.69, 9.17) is 29.9 Å². The second kappa shape index (κ2) is 12.9. The van der Waals surface area contributed by atoms with Gasteiger partial charge in [0, 0.05) is 43.8 Å². The molecule has 8 nitrogen and oxygen atoms in total. The van der Waals surface area contributed by atoms with Crippen LogP contribution in [0.5, 0.6) is 0 Å². The maximum Gasteiger partial charge on any atom is 0.165 e. The first kappa shape index (κ1) is 31.7. The van der Waals surface area contributed by atoms with E-state index in [1.165, 1.54) is 0 Å². The largest absolute Gasteiger partial charge is 0.324 e. The molecule has 8 bridgehead atoms. The summed E-state index contributed by atoms with van der Waals surface area (Å²) in [6, 6.07) is 57.4. The van der Waals surface area contributed by atoms with Gasteiger partial charge in [-0.15, -0.1) is 0 Å². The van der Waals surface area contributed by atoms with E-state index in [1.807, 2.05) is 97.1 Å². The first-order valence-electron chi connectivity index (χ1n) is 18.5. The van der Waals surface area contributed by atoms with E-state index < -0.39 is 0 Å². The van der Waals surface area contributed by atoms with Crippen LogP contribution in [-0.2, 0) is 0 Å². The molecule has 0 aliphatic carbocycles. The predicted molar refractivity (Wildman–Crippen MR) is 223 cm³/mol. The summed E-state index contributed by atoms with van der Waals surface area (Å²) < 4.78 is 0. The number of rotatable bonds is 4. The van der Waals surface area contributed by atoms with Gasteiger partial charge in [-0.05, 0) is 22.3 Å². The summed E-state index contributed by atoms with van der Waals surface area (Å²) in [6.07, 6.45) is 0. The van der Waals surface area contributed by atoms with Gasteiger partial charge in [-0.25, -0.2) is 29.9 Å². The molecule has 5 heterocycles. The third-order valence-corrected chi connectivity index (χ3v) is 10.3. The monoisotopic (exact) mass is 718 g/mol. The smallest absolute Gasteiger partial charge is 0.165 e. The zero-order valence-corrected chi connectivity index (χ0v) is 29.8. The van der Waals surface area contributed by atoms with E-state index in [-0.39, 0.29) is 0 Å². The van der Waals surface area contributed by atoms with Gasteiger partial charge in [-0.2, -0.15) is 0 Å². The van der Waals surface area contributed by atoms with Gasteiger partial charge in [0.05, 0.1) is 0 Å². The van der Waals surface area contributed by atoms with Crippen molar-refractivity contribution >= 4 is 66.4 Å². The van der Waals surface area contributed by atoms with Crippen LogP contribution in [-0.4, -0.2) is 39.9 Å². The lowest BCUT2D eigenvalue weighted by molar-refractivity contribution is 1.10. The van der Waals surface area contributed by atoms with Crippen molar-refractivity contribution in [2.45, 2.75) is 0 Å². The van der Waals surface area contributed by atoms with Crippen LogP contribution in [0.15, 0.2) is 170 Å². The molecule has 2 aliphatic rings. The van der Waals surface area contributed by atoms with Gasteiger partial charge in [0.2, 0.25) is 0 Å². The van der Waals surface area contributed by atoms with Crippen molar-refractivity contribution in [1.29, 1.82) is 0 Å². The highest BCUT2D eigenvalue weighted by molar-refractivity contribution is 6.10. The lowest BCUT2D eigenvalue weighted by Gasteiger charge is -2.08. The number of aromatic amines is 2. The van der Waals surface area contributed by atoms with Gasteiger partial charge in [0.25, 0.3) is 0 Å². The summed E-state index contributed by atoms with van der Waals surface area (Å²) in [4.78, 5) is 39.0. The molecule has 0 saturated carbocycles. The molecule has 2 N–H and O–H groups in total. The van der Waals surface area contributed by atoms with Crippen molar-refractivity contribution in [2.75, 3.05) is 0 Å². The first-order valence-corrected chi connectivity index (χ1v) is 18.5. The fraction of sp³-hybridized carbons (Fsp3) is 0. The molecule has 0 spiro atoms. The average Bonchev–Trinajstić information content (AvgIpc) is 4.00. The fourth-order valence-electron chi connectivity index (χ4n) is 7.77. The molecule has 0 radical (unpaired) electrons. The summed E-state index contributed by atoms with van der Waals surface area (Å²) in [5.74, 6) is 2.19. The molecule has 3 aromatic heterocycles. The number of benzene rings is 6. The summed E-state index contributed by atoms with van der Waals surface area (Å²) in [6.45, 7) is 0. The Morgan fingerprint density at radius 2 is 0.446 bits per heavy atom. The van der Waals surface area contributed by atoms with Crippen LogP contribution < -0.4 is 0 Å². The van der Waals surface area contributed by atoms with Crippen molar-refractivity contribution in [3.63, 3.8) is 0 Å². The number of hydrogen-bond donors (Lipinski definition) is 2. The number of nitrogens with zero attached hydrogens (tertiary/aromatic N) is 6. The Balaban J connectivity index is 1.34. The highest BCUT2D eigenvalue weighted by Crippen LogP contribution is 2.40. The molecule has 0 amide bonds. The fourth-order valence-corrected chi connectivity index (χ4v) is 7.77. The van der Waals surface area contributed by atoms with Gasteiger partial charge < -0.3 is 9.97 Å². The van der Waals surface area contributed by atoms with Gasteiger partial charge in [-0.3, -0.25) is 0 Å². The van der Waals surface area contributed by atoms with Crippen LogP contribution in [0, 0.1) is 0 Å².